The van der Waals surface area contributed by atoms with Gasteiger partial charge in [-0.3, -0.25) is 4.79 Å². The van der Waals surface area contributed by atoms with Gasteiger partial charge in [0.1, 0.15) is 0 Å². The number of rotatable bonds is 14. The maximum atomic E-state index is 12.9. The van der Waals surface area contributed by atoms with Crippen LogP contribution in [0.1, 0.15) is 155 Å². The van der Waals surface area contributed by atoms with E-state index in [0.29, 0.717) is 19.3 Å². The molecule has 1 radical (unpaired) electrons. The van der Waals surface area contributed by atoms with Crippen molar-refractivity contribution in [2.24, 2.45) is 23.7 Å². The molecule has 0 bridgehead atoms. The predicted molar refractivity (Wildman–Crippen MR) is 281 cm³/mol. The number of aliphatic hydroxyl groups is 1. The van der Waals surface area contributed by atoms with Gasteiger partial charge in [-0.25, -0.2) is 8.78 Å². The topological polar surface area (TPSA) is 63.1 Å². The maximum Gasteiger partial charge on any atom is 0.246 e. The number of hydrogen-bond acceptors (Lipinski definition) is 4. The van der Waals surface area contributed by atoms with Crippen LogP contribution in [-0.2, 0) is 37.7 Å². The number of carbonyl (C=O) groups is 1. The summed E-state index contributed by atoms with van der Waals surface area (Å²) >= 11 is 0. The van der Waals surface area contributed by atoms with Crippen LogP contribution in [0.25, 0.3) is 44.1 Å². The van der Waals surface area contributed by atoms with E-state index in [4.69, 9.17) is 5.48 Å². The fraction of sp³-hybridized carbons (Fsp3) is 0.468. The van der Waals surface area contributed by atoms with Crippen LogP contribution in [-0.4, -0.2) is 26.8 Å². The summed E-state index contributed by atoms with van der Waals surface area (Å²) in [7, 11) is 0. The van der Waals surface area contributed by atoms with E-state index >= 15 is 0 Å². The molecule has 4 aromatic carbocycles. The molecule has 8 rings (SSSR count). The minimum Gasteiger partial charge on any atom is -0.512 e. The molecule has 2 aliphatic carbocycles. The van der Waals surface area contributed by atoms with Gasteiger partial charge in [-0.1, -0.05) is 124 Å². The van der Waals surface area contributed by atoms with Gasteiger partial charge in [-0.05, 0) is 132 Å². The molecular weight excluding hydrogens is 1030 g/mol. The molecule has 0 amide bonds. The van der Waals surface area contributed by atoms with Crippen LogP contribution < -0.4 is 0 Å². The first-order chi connectivity index (χ1) is 34.1. The first kappa shape index (κ1) is 49.4. The van der Waals surface area contributed by atoms with Gasteiger partial charge in [0.25, 0.3) is 0 Å². The number of aromatic nitrogens is 2. The van der Waals surface area contributed by atoms with E-state index in [0.717, 1.165) is 104 Å². The zero-order valence-electron chi connectivity index (χ0n) is 46.7. The molecule has 0 aliphatic heterocycles. The van der Waals surface area contributed by atoms with Crippen LogP contribution >= 0.6 is 0 Å². The van der Waals surface area contributed by atoms with Gasteiger partial charge in [0, 0.05) is 56.8 Å². The molecule has 2 heterocycles. The third-order valence-corrected chi connectivity index (χ3v) is 14.1. The van der Waals surface area contributed by atoms with E-state index < -0.39 is 18.3 Å². The zero-order chi connectivity index (χ0) is 52.6. The molecule has 2 aromatic heterocycles. The van der Waals surface area contributed by atoms with Crippen molar-refractivity contribution in [3.63, 3.8) is 0 Å². The molecular formula is C62H76F2IrN2O2-2. The quantitative estimate of drug-likeness (QED) is 0.0671. The third-order valence-electron chi connectivity index (χ3n) is 14.1. The van der Waals surface area contributed by atoms with E-state index in [-0.39, 0.29) is 62.0 Å². The smallest absolute Gasteiger partial charge is 0.246 e. The number of ketones is 1. The Balaban J connectivity index is 0.000000207. The summed E-state index contributed by atoms with van der Waals surface area (Å²) in [6, 6.07) is 24.2. The summed E-state index contributed by atoms with van der Waals surface area (Å²) in [6.45, 7) is 18.9. The molecule has 0 spiro atoms. The Morgan fingerprint density at radius 1 is 0.696 bits per heavy atom. The summed E-state index contributed by atoms with van der Waals surface area (Å²) in [4.78, 5) is 20.7. The molecule has 69 heavy (non-hydrogen) atoms. The van der Waals surface area contributed by atoms with Crippen molar-refractivity contribution in [1.82, 2.24) is 9.97 Å². The average Bonchev–Trinajstić information content (AvgIpc) is 4.04. The summed E-state index contributed by atoms with van der Waals surface area (Å²) in [6.07, 6.45) is 15.4. The summed E-state index contributed by atoms with van der Waals surface area (Å²) in [5.41, 5.74) is 13.0. The molecule has 2 fully saturated rings. The van der Waals surface area contributed by atoms with Crippen LogP contribution in [0.5, 0.6) is 0 Å². The van der Waals surface area contributed by atoms with Gasteiger partial charge in [0.15, 0.2) is 5.78 Å². The van der Waals surface area contributed by atoms with E-state index in [2.05, 4.69) is 98.3 Å². The number of alkyl halides is 2. The van der Waals surface area contributed by atoms with Crippen LogP contribution in [0.3, 0.4) is 0 Å². The van der Waals surface area contributed by atoms with E-state index in [1.54, 1.807) is 6.92 Å². The number of allylic oxidation sites excluding steroid dienone is 2. The third kappa shape index (κ3) is 15.5. The Morgan fingerprint density at radius 3 is 1.46 bits per heavy atom. The van der Waals surface area contributed by atoms with Crippen molar-refractivity contribution in [2.45, 2.75) is 165 Å². The summed E-state index contributed by atoms with van der Waals surface area (Å²) in [5.74, 6) is -2.47. The fourth-order valence-corrected chi connectivity index (χ4v) is 10.4. The number of benzene rings is 4. The normalized spacial score (nSPS) is 15.7. The van der Waals surface area contributed by atoms with Gasteiger partial charge in [-0.2, -0.15) is 0 Å². The Kier molecular flexibility index (Phi) is 18.3. The van der Waals surface area contributed by atoms with Gasteiger partial charge < -0.3 is 15.1 Å². The molecule has 2 saturated carbocycles. The second kappa shape index (κ2) is 25.5. The Bertz CT molecular complexity index is 2710. The molecule has 2 aliphatic rings. The Morgan fingerprint density at radius 2 is 1.10 bits per heavy atom. The molecule has 1 atom stereocenters. The molecule has 1 unspecified atom stereocenters. The van der Waals surface area contributed by atoms with E-state index in [9.17, 15) is 18.7 Å². The van der Waals surface area contributed by atoms with Crippen LogP contribution in [0.2, 0.25) is 0 Å². The maximum absolute atomic E-state index is 12.9. The standard InChI is InChI=1S/2C24H26N.C14H24F2O2.Ir/c2*1-16-10-17(2)12-22(11-16)24-23-13-18(3)21(14-19-6-4-5-7-19)15-20(23)8-9-25-24;1-5-10(6-2)12(17)8-13(18)11(7-3)9-14(4,15)16;/h2*8-11,13,15,19H,4-7,14H2,1-3H3;8,10-11,18H,5-7,9H2,1-4H3;/q2*-1;;/b;;13-8-;/i2*8D,9D;;. The van der Waals surface area contributed by atoms with Crippen molar-refractivity contribution >= 4 is 27.3 Å². The Labute approximate surface area is 432 Å². The largest absolute Gasteiger partial charge is 0.512 e. The average molecular weight is 1120 g/mol. The van der Waals surface area contributed by atoms with E-state index in [1.807, 2.05) is 27.7 Å². The number of nitrogens with zero attached hydrogens (tertiary/aromatic N) is 2. The number of fused-ring (bicyclic) bond motifs is 2. The monoisotopic (exact) mass is 1120 g/mol. The van der Waals surface area contributed by atoms with E-state index in [1.165, 1.54) is 73.6 Å². The molecule has 6 aromatic rings. The number of pyridine rings is 2. The number of halogens is 2. The number of hydrogen-bond donors (Lipinski definition) is 1. The summed E-state index contributed by atoms with van der Waals surface area (Å²) in [5, 5.41) is 13.4. The zero-order valence-corrected chi connectivity index (χ0v) is 45.1. The van der Waals surface area contributed by atoms with Gasteiger partial charge in [0.05, 0.1) is 11.2 Å². The Hall–Kier alpha value is -4.58. The first-order valence-corrected chi connectivity index (χ1v) is 25.2. The molecule has 4 nitrogen and oxygen atoms in total. The number of aliphatic hydroxyl groups excluding tert-OH is 1. The van der Waals surface area contributed by atoms with Gasteiger partial charge >= 0.3 is 0 Å². The van der Waals surface area contributed by atoms with Crippen molar-refractivity contribution in [1.29, 1.82) is 0 Å². The van der Waals surface area contributed by atoms with Crippen LogP contribution in [0.4, 0.5) is 8.78 Å². The number of aryl methyl sites for hydroxylation is 6. The second-order valence-electron chi connectivity index (χ2n) is 20.1. The molecule has 7 heteroatoms. The van der Waals surface area contributed by atoms with Crippen LogP contribution in [0.15, 0.2) is 84.8 Å². The van der Waals surface area contributed by atoms with Crippen molar-refractivity contribution in [3.05, 3.63) is 141 Å². The SMILES string of the molecule is CCC(CC)C(=O)/C=C(\O)C(CC)CC(C)(F)F.[2H]c1nc(-c2[c-]c(C)cc(C)c2)c2cc(C)c(CC3CCCC3)cc2c1[2H].[2H]c1nc(-c2[c-]c(C)cc(C)c2)c2cc(C)c(CC3CCCC3)cc2c1[2H].[Ir]. The minimum atomic E-state index is -2.83. The fourth-order valence-electron chi connectivity index (χ4n) is 10.4. The number of carbonyl (C=O) groups excluding carboxylic acids is 1. The predicted octanol–water partition coefficient (Wildman–Crippen LogP) is 17.2. The van der Waals surface area contributed by atoms with Gasteiger partial charge in [-0.15, -0.1) is 69.8 Å². The van der Waals surface area contributed by atoms with Gasteiger partial charge in [0.2, 0.25) is 5.92 Å². The van der Waals surface area contributed by atoms with Crippen LogP contribution in [0, 0.1) is 77.3 Å². The molecule has 0 saturated heterocycles. The molecule has 371 valence electrons. The van der Waals surface area contributed by atoms with Crippen molar-refractivity contribution < 1.29 is 44.3 Å². The summed E-state index contributed by atoms with van der Waals surface area (Å²) < 4.78 is 59.2. The second-order valence-corrected chi connectivity index (χ2v) is 20.1. The van der Waals surface area contributed by atoms with Crippen molar-refractivity contribution in [2.75, 3.05) is 0 Å². The first-order valence-electron chi connectivity index (χ1n) is 27.2. The molecule has 1 N–H and O–H groups in total. The van der Waals surface area contributed by atoms with Crippen molar-refractivity contribution in [3.8, 4) is 22.5 Å². The minimum absolute atomic E-state index is 0.